The summed E-state index contributed by atoms with van der Waals surface area (Å²) in [4.78, 5) is 11.1. The number of rotatable bonds is 4. The first-order chi connectivity index (χ1) is 10.9. The highest BCUT2D eigenvalue weighted by molar-refractivity contribution is 14.0. The van der Waals surface area contributed by atoms with Crippen LogP contribution in [0.1, 0.15) is 19.3 Å². The smallest absolute Gasteiger partial charge is 0.198 e. The zero-order valence-corrected chi connectivity index (χ0v) is 15.5. The zero-order valence-electron chi connectivity index (χ0n) is 13.1. The maximum atomic E-state index is 4.76. The number of guanidine groups is 1. The Bertz CT molecular complexity index is 578. The van der Waals surface area contributed by atoms with Crippen LogP contribution in [0.5, 0.6) is 0 Å². The fourth-order valence-electron chi connectivity index (χ4n) is 2.58. The molecule has 1 aliphatic heterocycles. The molecule has 0 radical (unpaired) electrons. The van der Waals surface area contributed by atoms with E-state index in [9.17, 15) is 0 Å². The van der Waals surface area contributed by atoms with Gasteiger partial charge >= 0.3 is 0 Å². The minimum absolute atomic E-state index is 0. The highest BCUT2D eigenvalue weighted by Gasteiger charge is 2.14. The number of piperidine rings is 1. The lowest BCUT2D eigenvalue weighted by Gasteiger charge is -2.30. The molecular formula is C16H23IN6. The Kier molecular flexibility index (Phi) is 7.31. The molecule has 23 heavy (non-hydrogen) atoms. The summed E-state index contributed by atoms with van der Waals surface area (Å²) in [7, 11) is 0. The van der Waals surface area contributed by atoms with Gasteiger partial charge in [0.25, 0.3) is 0 Å². The highest BCUT2D eigenvalue weighted by Crippen LogP contribution is 2.12. The third kappa shape index (κ3) is 5.49. The molecule has 1 aromatic carbocycles. The summed E-state index contributed by atoms with van der Waals surface area (Å²) in [5.74, 6) is 0.964. The Morgan fingerprint density at radius 1 is 1.13 bits per heavy atom. The van der Waals surface area contributed by atoms with E-state index >= 15 is 0 Å². The Morgan fingerprint density at radius 2 is 1.91 bits per heavy atom. The van der Waals surface area contributed by atoms with Crippen LogP contribution in [0.2, 0.25) is 0 Å². The quantitative estimate of drug-likeness (QED) is 0.464. The average molecular weight is 426 g/mol. The van der Waals surface area contributed by atoms with Gasteiger partial charge in [-0.3, -0.25) is 9.67 Å². The van der Waals surface area contributed by atoms with E-state index in [1.807, 2.05) is 18.2 Å². The zero-order chi connectivity index (χ0) is 15.0. The fourth-order valence-corrected chi connectivity index (χ4v) is 2.58. The molecule has 0 amide bonds. The van der Waals surface area contributed by atoms with Crippen LogP contribution in [-0.2, 0) is 6.54 Å². The van der Waals surface area contributed by atoms with Crippen LogP contribution in [-0.4, -0.2) is 45.3 Å². The van der Waals surface area contributed by atoms with Crippen LogP contribution >= 0.6 is 24.0 Å². The Labute approximate surface area is 154 Å². The van der Waals surface area contributed by atoms with Crippen molar-refractivity contribution >= 4 is 35.6 Å². The average Bonchev–Trinajstić information content (AvgIpc) is 3.09. The van der Waals surface area contributed by atoms with Gasteiger partial charge in [0.2, 0.25) is 0 Å². The van der Waals surface area contributed by atoms with Gasteiger partial charge < -0.3 is 10.2 Å². The lowest BCUT2D eigenvalue weighted by molar-refractivity contribution is 0.340. The van der Waals surface area contributed by atoms with E-state index in [1.165, 1.54) is 19.3 Å². The van der Waals surface area contributed by atoms with Crippen molar-refractivity contribution in [1.82, 2.24) is 19.7 Å². The first-order valence-corrected chi connectivity index (χ1v) is 7.86. The third-order valence-electron chi connectivity index (χ3n) is 3.74. The molecule has 1 saturated heterocycles. The van der Waals surface area contributed by atoms with E-state index in [4.69, 9.17) is 4.99 Å². The first-order valence-electron chi connectivity index (χ1n) is 7.86. The van der Waals surface area contributed by atoms with Crippen molar-refractivity contribution in [3.05, 3.63) is 43.0 Å². The SMILES string of the molecule is I.c1ccc(NC(=NCCn2cncn2)N2CCCCC2)cc1. The van der Waals surface area contributed by atoms with Gasteiger partial charge in [0, 0.05) is 18.8 Å². The number of likely N-dealkylation sites (tertiary alicyclic amines) is 1. The van der Waals surface area contributed by atoms with Crippen LogP contribution < -0.4 is 5.32 Å². The molecule has 0 spiro atoms. The Balaban J connectivity index is 0.00000192. The maximum absolute atomic E-state index is 4.76. The number of nitrogens with one attached hydrogen (secondary N) is 1. The number of aromatic nitrogens is 3. The second-order valence-electron chi connectivity index (χ2n) is 5.40. The fraction of sp³-hybridized carbons (Fsp3) is 0.438. The predicted molar refractivity (Wildman–Crippen MR) is 103 cm³/mol. The number of halogens is 1. The van der Waals surface area contributed by atoms with Gasteiger partial charge in [-0.1, -0.05) is 18.2 Å². The summed E-state index contributed by atoms with van der Waals surface area (Å²) < 4.78 is 1.81. The first kappa shape index (κ1) is 17.7. The number of aliphatic imine (C=N–C) groups is 1. The van der Waals surface area contributed by atoms with Crippen molar-refractivity contribution in [3.63, 3.8) is 0 Å². The summed E-state index contributed by atoms with van der Waals surface area (Å²) in [5.41, 5.74) is 1.08. The van der Waals surface area contributed by atoms with Gasteiger partial charge in [-0.2, -0.15) is 5.10 Å². The predicted octanol–water partition coefficient (Wildman–Crippen LogP) is 2.85. The van der Waals surface area contributed by atoms with Crippen LogP contribution in [0.15, 0.2) is 48.0 Å². The van der Waals surface area contributed by atoms with Gasteiger partial charge in [0.05, 0.1) is 13.1 Å². The number of nitrogens with zero attached hydrogens (tertiary/aromatic N) is 5. The largest absolute Gasteiger partial charge is 0.343 e. The van der Waals surface area contributed by atoms with E-state index in [1.54, 1.807) is 17.3 Å². The molecule has 0 saturated carbocycles. The van der Waals surface area contributed by atoms with Gasteiger partial charge in [-0.25, -0.2) is 4.98 Å². The molecule has 0 aliphatic carbocycles. The molecule has 2 aromatic rings. The lowest BCUT2D eigenvalue weighted by atomic mass is 10.1. The summed E-state index contributed by atoms with van der Waals surface area (Å²) >= 11 is 0. The van der Waals surface area contributed by atoms with Crippen LogP contribution in [0.4, 0.5) is 5.69 Å². The summed E-state index contributed by atoms with van der Waals surface area (Å²) in [5, 5.41) is 7.57. The number of hydrogen-bond acceptors (Lipinski definition) is 3. The molecule has 1 fully saturated rings. The molecule has 2 heterocycles. The lowest BCUT2D eigenvalue weighted by Crippen LogP contribution is -2.40. The highest BCUT2D eigenvalue weighted by atomic mass is 127. The molecule has 0 unspecified atom stereocenters. The Morgan fingerprint density at radius 3 is 2.61 bits per heavy atom. The summed E-state index contributed by atoms with van der Waals surface area (Å²) in [6, 6.07) is 10.2. The van der Waals surface area contributed by atoms with E-state index in [0.717, 1.165) is 31.3 Å². The van der Waals surface area contributed by atoms with Gasteiger partial charge in [-0.05, 0) is 31.4 Å². The van der Waals surface area contributed by atoms with Crippen LogP contribution in [0.3, 0.4) is 0 Å². The normalized spacial score (nSPS) is 15.1. The molecular weight excluding hydrogens is 403 g/mol. The minimum atomic E-state index is 0. The number of anilines is 1. The van der Waals surface area contributed by atoms with Crippen molar-refractivity contribution < 1.29 is 0 Å². The summed E-state index contributed by atoms with van der Waals surface area (Å²) in [6.07, 6.45) is 7.06. The second-order valence-corrected chi connectivity index (χ2v) is 5.40. The molecule has 7 heteroatoms. The molecule has 6 nitrogen and oxygen atoms in total. The van der Waals surface area contributed by atoms with Crippen molar-refractivity contribution in [2.45, 2.75) is 25.8 Å². The molecule has 1 N–H and O–H groups in total. The van der Waals surface area contributed by atoms with Crippen molar-refractivity contribution in [2.75, 3.05) is 25.0 Å². The molecule has 1 aromatic heterocycles. The molecule has 0 bridgehead atoms. The Hall–Kier alpha value is -1.64. The molecule has 3 rings (SSSR count). The minimum Gasteiger partial charge on any atom is -0.343 e. The van der Waals surface area contributed by atoms with Crippen LogP contribution in [0.25, 0.3) is 0 Å². The molecule has 0 atom stereocenters. The van der Waals surface area contributed by atoms with Gasteiger partial charge in [0.1, 0.15) is 12.7 Å². The second kappa shape index (κ2) is 9.49. The van der Waals surface area contributed by atoms with Gasteiger partial charge in [-0.15, -0.1) is 24.0 Å². The summed E-state index contributed by atoms with van der Waals surface area (Å²) in [6.45, 7) is 3.58. The van der Waals surface area contributed by atoms with Crippen LogP contribution in [0, 0.1) is 0 Å². The van der Waals surface area contributed by atoms with Crippen molar-refractivity contribution in [1.29, 1.82) is 0 Å². The van der Waals surface area contributed by atoms with E-state index in [0.29, 0.717) is 6.54 Å². The topological polar surface area (TPSA) is 58.3 Å². The third-order valence-corrected chi connectivity index (χ3v) is 3.74. The van der Waals surface area contributed by atoms with E-state index in [2.05, 4.69) is 32.4 Å². The van der Waals surface area contributed by atoms with E-state index in [-0.39, 0.29) is 24.0 Å². The number of hydrogen-bond donors (Lipinski definition) is 1. The van der Waals surface area contributed by atoms with Crippen molar-refractivity contribution in [3.8, 4) is 0 Å². The number of para-hydroxylation sites is 1. The monoisotopic (exact) mass is 426 g/mol. The number of benzene rings is 1. The van der Waals surface area contributed by atoms with Gasteiger partial charge in [0.15, 0.2) is 5.96 Å². The molecule has 124 valence electrons. The van der Waals surface area contributed by atoms with Crippen molar-refractivity contribution in [2.24, 2.45) is 4.99 Å². The maximum Gasteiger partial charge on any atom is 0.198 e. The standard InChI is InChI=1S/C16H22N6.HI/c1-3-7-15(8-4-1)20-16(21-10-5-2-6-11-21)18-9-12-22-14-17-13-19-22;/h1,3-4,7-8,13-14H,2,5-6,9-12H2,(H,18,20);1H. The van der Waals surface area contributed by atoms with E-state index < -0.39 is 0 Å². The molecule has 1 aliphatic rings.